The smallest absolute Gasteiger partial charge is 0.266 e. The molecule has 4 rings (SSSR count). The largest absolute Gasteiger partial charge is 0.506 e. The summed E-state index contributed by atoms with van der Waals surface area (Å²) in [5.74, 6) is -0.112. The van der Waals surface area contributed by atoms with Crippen molar-refractivity contribution in [3.63, 3.8) is 0 Å². The fourth-order valence-corrected chi connectivity index (χ4v) is 4.22. The quantitative estimate of drug-likeness (QED) is 0.456. The Morgan fingerprint density at radius 2 is 1.84 bits per heavy atom. The second-order valence-corrected chi connectivity index (χ2v) is 7.29. The second-order valence-electron chi connectivity index (χ2n) is 5.62. The van der Waals surface area contributed by atoms with E-state index in [2.05, 4.69) is 4.98 Å². The standard InChI is InChI=1S/C18H12Cl2N2O2S/c19-13-14(20)16(23)11(9-3-1-8(7-21)2-4-9)12-10-5-6-25-17(10)18(24)22-15(12)13/h1-6,23H,7,21H2,(H,22,24). The van der Waals surface area contributed by atoms with Crippen LogP contribution in [-0.4, -0.2) is 10.1 Å². The molecular formula is C18H12Cl2N2O2S. The van der Waals surface area contributed by atoms with Crippen LogP contribution >= 0.6 is 34.5 Å². The zero-order chi connectivity index (χ0) is 17.7. The molecular weight excluding hydrogens is 379 g/mol. The van der Waals surface area contributed by atoms with E-state index < -0.39 is 0 Å². The first-order valence-corrected chi connectivity index (χ1v) is 9.09. The van der Waals surface area contributed by atoms with Gasteiger partial charge in [0, 0.05) is 22.9 Å². The van der Waals surface area contributed by atoms with Crippen LogP contribution in [0.25, 0.3) is 32.1 Å². The highest BCUT2D eigenvalue weighted by Gasteiger charge is 2.22. The molecule has 0 radical (unpaired) electrons. The fraction of sp³-hybridized carbons (Fsp3) is 0.0556. The van der Waals surface area contributed by atoms with Crippen molar-refractivity contribution in [3.8, 4) is 16.9 Å². The molecule has 0 fully saturated rings. The molecule has 2 heterocycles. The van der Waals surface area contributed by atoms with Crippen molar-refractivity contribution in [1.29, 1.82) is 0 Å². The van der Waals surface area contributed by atoms with Crippen molar-refractivity contribution >= 4 is 55.5 Å². The molecule has 0 unspecified atom stereocenters. The number of pyridine rings is 1. The van der Waals surface area contributed by atoms with Gasteiger partial charge in [-0.25, -0.2) is 0 Å². The zero-order valence-corrected chi connectivity index (χ0v) is 15.1. The number of halogens is 2. The maximum Gasteiger partial charge on any atom is 0.266 e. The van der Waals surface area contributed by atoms with E-state index in [4.69, 9.17) is 28.9 Å². The Labute approximate surface area is 156 Å². The van der Waals surface area contributed by atoms with Gasteiger partial charge in [0.05, 0.1) is 10.5 Å². The third kappa shape index (κ3) is 2.43. The molecule has 4 N–H and O–H groups in total. The van der Waals surface area contributed by atoms with Gasteiger partial charge in [-0.3, -0.25) is 4.79 Å². The van der Waals surface area contributed by atoms with Gasteiger partial charge in [0.15, 0.2) is 0 Å². The van der Waals surface area contributed by atoms with E-state index in [-0.39, 0.29) is 21.4 Å². The Kier molecular flexibility index (Phi) is 3.96. The molecule has 0 aliphatic carbocycles. The molecule has 2 aromatic heterocycles. The van der Waals surface area contributed by atoms with Gasteiger partial charge in [-0.05, 0) is 22.6 Å². The Bertz CT molecular complexity index is 1180. The number of H-pyrrole nitrogens is 1. The van der Waals surface area contributed by atoms with Crippen molar-refractivity contribution in [3.05, 3.63) is 61.7 Å². The van der Waals surface area contributed by atoms with Crippen LogP contribution < -0.4 is 11.3 Å². The number of hydrogen-bond donors (Lipinski definition) is 3. The molecule has 126 valence electrons. The third-order valence-electron chi connectivity index (χ3n) is 4.21. The normalized spacial score (nSPS) is 11.5. The number of nitrogens with one attached hydrogen (secondary N) is 1. The van der Waals surface area contributed by atoms with Gasteiger partial charge in [-0.2, -0.15) is 0 Å². The van der Waals surface area contributed by atoms with Gasteiger partial charge < -0.3 is 15.8 Å². The topological polar surface area (TPSA) is 79.1 Å². The van der Waals surface area contributed by atoms with Crippen LogP contribution in [0, 0.1) is 0 Å². The number of aromatic hydroxyl groups is 1. The summed E-state index contributed by atoms with van der Waals surface area (Å²) in [4.78, 5) is 15.1. The molecule has 4 aromatic rings. The molecule has 0 bridgehead atoms. The molecule has 4 nitrogen and oxygen atoms in total. The first kappa shape index (κ1) is 16.4. The highest BCUT2D eigenvalue weighted by molar-refractivity contribution is 7.17. The van der Waals surface area contributed by atoms with Gasteiger partial charge in [-0.15, -0.1) is 11.3 Å². The maximum absolute atomic E-state index is 12.3. The van der Waals surface area contributed by atoms with Crippen LogP contribution in [0.15, 0.2) is 40.5 Å². The molecule has 0 saturated carbocycles. The predicted molar refractivity (Wildman–Crippen MR) is 105 cm³/mol. The summed E-state index contributed by atoms with van der Waals surface area (Å²) in [5, 5.41) is 14.1. The molecule has 25 heavy (non-hydrogen) atoms. The third-order valence-corrected chi connectivity index (χ3v) is 5.97. The number of thiophene rings is 1. The van der Waals surface area contributed by atoms with E-state index in [1.54, 1.807) is 0 Å². The molecule has 0 amide bonds. The van der Waals surface area contributed by atoms with Gasteiger partial charge in [0.1, 0.15) is 15.5 Å². The molecule has 2 aromatic carbocycles. The minimum atomic E-state index is -0.231. The Morgan fingerprint density at radius 3 is 2.52 bits per heavy atom. The molecule has 0 spiro atoms. The van der Waals surface area contributed by atoms with E-state index in [9.17, 15) is 9.90 Å². The van der Waals surface area contributed by atoms with E-state index in [1.165, 1.54) is 11.3 Å². The average Bonchev–Trinajstić information content (AvgIpc) is 3.12. The number of fused-ring (bicyclic) bond motifs is 3. The number of hydrogen-bond acceptors (Lipinski definition) is 4. The van der Waals surface area contributed by atoms with E-state index in [0.717, 1.165) is 16.5 Å². The summed E-state index contributed by atoms with van der Waals surface area (Å²) in [6.45, 7) is 0.427. The van der Waals surface area contributed by atoms with Crippen molar-refractivity contribution in [2.24, 2.45) is 5.73 Å². The number of benzene rings is 2. The molecule has 0 saturated heterocycles. The number of aromatic nitrogens is 1. The van der Waals surface area contributed by atoms with Crippen LogP contribution in [-0.2, 0) is 6.54 Å². The lowest BCUT2D eigenvalue weighted by Crippen LogP contribution is -2.05. The van der Waals surface area contributed by atoms with Crippen molar-refractivity contribution in [2.45, 2.75) is 6.54 Å². The van der Waals surface area contributed by atoms with Crippen molar-refractivity contribution in [2.75, 3.05) is 0 Å². The predicted octanol–water partition coefficient (Wildman–Crippen LogP) is 4.88. The Balaban J connectivity index is 2.22. The van der Waals surface area contributed by atoms with Gasteiger partial charge in [-0.1, -0.05) is 47.5 Å². The molecule has 7 heteroatoms. The fourth-order valence-electron chi connectivity index (χ4n) is 3.00. The number of aromatic amines is 1. The monoisotopic (exact) mass is 390 g/mol. The lowest BCUT2D eigenvalue weighted by atomic mass is 9.96. The van der Waals surface area contributed by atoms with Crippen LogP contribution in [0.1, 0.15) is 5.56 Å². The van der Waals surface area contributed by atoms with E-state index in [0.29, 0.717) is 27.7 Å². The summed E-state index contributed by atoms with van der Waals surface area (Å²) < 4.78 is 0.574. The van der Waals surface area contributed by atoms with Gasteiger partial charge >= 0.3 is 0 Å². The van der Waals surface area contributed by atoms with E-state index in [1.807, 2.05) is 35.7 Å². The van der Waals surface area contributed by atoms with Crippen LogP contribution in [0.2, 0.25) is 10.0 Å². The highest BCUT2D eigenvalue weighted by Crippen LogP contribution is 2.47. The first-order chi connectivity index (χ1) is 12.0. The average molecular weight is 391 g/mol. The molecule has 0 aliphatic rings. The van der Waals surface area contributed by atoms with Crippen molar-refractivity contribution in [1.82, 2.24) is 4.98 Å². The van der Waals surface area contributed by atoms with Crippen LogP contribution in [0.3, 0.4) is 0 Å². The summed E-state index contributed by atoms with van der Waals surface area (Å²) in [5.41, 5.74) is 8.11. The highest BCUT2D eigenvalue weighted by atomic mass is 35.5. The van der Waals surface area contributed by atoms with Gasteiger partial charge in [0.25, 0.3) is 5.56 Å². The minimum Gasteiger partial charge on any atom is -0.506 e. The zero-order valence-electron chi connectivity index (χ0n) is 12.8. The first-order valence-electron chi connectivity index (χ1n) is 7.45. The van der Waals surface area contributed by atoms with Crippen LogP contribution in [0.4, 0.5) is 0 Å². The second kappa shape index (κ2) is 6.04. The molecule has 0 aliphatic heterocycles. The Hall–Kier alpha value is -2.05. The number of phenolic OH excluding ortho intramolecular Hbond substituents is 1. The lowest BCUT2D eigenvalue weighted by molar-refractivity contribution is 0.478. The number of nitrogens with two attached hydrogens (primary N) is 1. The Morgan fingerprint density at radius 1 is 1.12 bits per heavy atom. The molecule has 0 atom stereocenters. The van der Waals surface area contributed by atoms with Crippen LogP contribution in [0.5, 0.6) is 5.75 Å². The lowest BCUT2D eigenvalue weighted by Gasteiger charge is -2.14. The van der Waals surface area contributed by atoms with Gasteiger partial charge in [0.2, 0.25) is 0 Å². The summed E-state index contributed by atoms with van der Waals surface area (Å²) in [7, 11) is 0. The minimum absolute atomic E-state index is 0.0114. The summed E-state index contributed by atoms with van der Waals surface area (Å²) in [6, 6.07) is 9.35. The summed E-state index contributed by atoms with van der Waals surface area (Å²) >= 11 is 13.9. The SMILES string of the molecule is NCc1ccc(-c2c(O)c(Cl)c(Cl)c3[nH]c(=O)c4sccc4c23)cc1. The van der Waals surface area contributed by atoms with E-state index >= 15 is 0 Å². The number of phenols is 1. The van der Waals surface area contributed by atoms with Crippen molar-refractivity contribution < 1.29 is 5.11 Å². The summed E-state index contributed by atoms with van der Waals surface area (Å²) in [6.07, 6.45) is 0. The maximum atomic E-state index is 12.3. The number of rotatable bonds is 2.